The standard InChI is InChI=1S/C19H25N/c1-2-8-18(9-3-1)20-19-16-10-11-17(19)13-15-7-5-4-6-14(15)12-16/h1-2,4-7,16-20H,3,8-13H2. The van der Waals surface area contributed by atoms with Gasteiger partial charge in [-0.15, -0.1) is 0 Å². The second-order valence-electron chi connectivity index (χ2n) is 6.95. The molecule has 20 heavy (non-hydrogen) atoms. The lowest BCUT2D eigenvalue weighted by Crippen LogP contribution is -2.44. The van der Waals surface area contributed by atoms with E-state index < -0.39 is 0 Å². The summed E-state index contributed by atoms with van der Waals surface area (Å²) in [5, 5.41) is 4.04. The summed E-state index contributed by atoms with van der Waals surface area (Å²) in [6.07, 6.45) is 14.0. The van der Waals surface area contributed by atoms with E-state index in [2.05, 4.69) is 41.7 Å². The Bertz CT molecular complexity index is 471. The third kappa shape index (κ3) is 2.33. The van der Waals surface area contributed by atoms with Crippen molar-refractivity contribution in [2.75, 3.05) is 0 Å². The number of benzene rings is 1. The summed E-state index contributed by atoms with van der Waals surface area (Å²) in [6.45, 7) is 0. The SMILES string of the molecule is C1=CCC(NC2C3CCC2Cc2ccccc2C3)CC1. The minimum absolute atomic E-state index is 0.731. The van der Waals surface area contributed by atoms with Crippen molar-refractivity contribution >= 4 is 0 Å². The molecule has 1 heteroatoms. The van der Waals surface area contributed by atoms with Crippen molar-refractivity contribution < 1.29 is 0 Å². The second-order valence-corrected chi connectivity index (χ2v) is 6.95. The zero-order chi connectivity index (χ0) is 13.4. The third-order valence-electron chi connectivity index (χ3n) is 5.70. The molecule has 0 spiro atoms. The van der Waals surface area contributed by atoms with Gasteiger partial charge in [0, 0.05) is 12.1 Å². The molecule has 4 rings (SSSR count). The smallest absolute Gasteiger partial charge is 0.0133 e. The molecular weight excluding hydrogens is 242 g/mol. The molecule has 1 aromatic rings. The van der Waals surface area contributed by atoms with Gasteiger partial charge < -0.3 is 5.32 Å². The van der Waals surface area contributed by atoms with Crippen LogP contribution in [0.4, 0.5) is 0 Å². The summed E-state index contributed by atoms with van der Waals surface area (Å²) in [6, 6.07) is 10.6. The second kappa shape index (κ2) is 5.37. The molecule has 1 aromatic carbocycles. The molecule has 2 bridgehead atoms. The summed E-state index contributed by atoms with van der Waals surface area (Å²) in [7, 11) is 0. The zero-order valence-electron chi connectivity index (χ0n) is 12.2. The molecule has 3 aliphatic rings. The average Bonchev–Trinajstić information content (AvgIpc) is 2.75. The number of rotatable bonds is 2. The molecule has 1 N–H and O–H groups in total. The summed E-state index contributed by atoms with van der Waals surface area (Å²) < 4.78 is 0. The van der Waals surface area contributed by atoms with E-state index in [1.165, 1.54) is 44.9 Å². The number of nitrogens with one attached hydrogen (secondary N) is 1. The van der Waals surface area contributed by atoms with Gasteiger partial charge in [-0.1, -0.05) is 36.4 Å². The van der Waals surface area contributed by atoms with Crippen LogP contribution in [-0.2, 0) is 12.8 Å². The maximum atomic E-state index is 4.04. The van der Waals surface area contributed by atoms with Gasteiger partial charge in [-0.05, 0) is 67.9 Å². The summed E-state index contributed by atoms with van der Waals surface area (Å²) in [4.78, 5) is 0. The molecule has 0 aliphatic heterocycles. The topological polar surface area (TPSA) is 12.0 Å². The Labute approximate surface area is 122 Å². The minimum Gasteiger partial charge on any atom is -0.310 e. The first-order valence-electron chi connectivity index (χ1n) is 8.38. The van der Waals surface area contributed by atoms with Crippen molar-refractivity contribution in [3.05, 3.63) is 47.5 Å². The fourth-order valence-electron chi connectivity index (χ4n) is 4.64. The molecule has 0 saturated heterocycles. The molecule has 3 atom stereocenters. The Morgan fingerprint density at radius 2 is 1.55 bits per heavy atom. The average molecular weight is 267 g/mol. The quantitative estimate of drug-likeness (QED) is 0.802. The molecule has 3 aliphatic carbocycles. The third-order valence-corrected chi connectivity index (χ3v) is 5.70. The first-order valence-corrected chi connectivity index (χ1v) is 8.38. The highest BCUT2D eigenvalue weighted by Crippen LogP contribution is 2.40. The predicted molar refractivity (Wildman–Crippen MR) is 83.8 cm³/mol. The van der Waals surface area contributed by atoms with Crippen molar-refractivity contribution in [2.45, 2.75) is 57.0 Å². The van der Waals surface area contributed by atoms with Gasteiger partial charge in [-0.2, -0.15) is 0 Å². The van der Waals surface area contributed by atoms with Crippen molar-refractivity contribution in [3.63, 3.8) is 0 Å². The molecule has 1 fully saturated rings. The molecule has 0 amide bonds. The molecule has 0 aromatic heterocycles. The van der Waals surface area contributed by atoms with Crippen LogP contribution in [0.1, 0.15) is 43.2 Å². The lowest BCUT2D eigenvalue weighted by Gasteiger charge is -2.30. The van der Waals surface area contributed by atoms with E-state index in [1.54, 1.807) is 11.1 Å². The Morgan fingerprint density at radius 3 is 2.15 bits per heavy atom. The van der Waals surface area contributed by atoms with Crippen molar-refractivity contribution in [2.24, 2.45) is 11.8 Å². The maximum Gasteiger partial charge on any atom is 0.0133 e. The first-order chi connectivity index (χ1) is 9.90. The largest absolute Gasteiger partial charge is 0.310 e. The minimum atomic E-state index is 0.731. The van der Waals surface area contributed by atoms with E-state index in [4.69, 9.17) is 0 Å². The van der Waals surface area contributed by atoms with E-state index in [0.29, 0.717) is 0 Å². The van der Waals surface area contributed by atoms with Crippen LogP contribution in [0.2, 0.25) is 0 Å². The van der Waals surface area contributed by atoms with Crippen LogP contribution in [-0.4, -0.2) is 12.1 Å². The first kappa shape index (κ1) is 12.6. The molecule has 106 valence electrons. The van der Waals surface area contributed by atoms with Gasteiger partial charge in [0.25, 0.3) is 0 Å². The van der Waals surface area contributed by atoms with Crippen LogP contribution in [0, 0.1) is 11.8 Å². The molecule has 1 nitrogen and oxygen atoms in total. The van der Waals surface area contributed by atoms with Crippen LogP contribution >= 0.6 is 0 Å². The lowest BCUT2D eigenvalue weighted by atomic mass is 9.92. The highest BCUT2D eigenvalue weighted by atomic mass is 15.0. The van der Waals surface area contributed by atoms with E-state index in [9.17, 15) is 0 Å². The van der Waals surface area contributed by atoms with Crippen molar-refractivity contribution in [3.8, 4) is 0 Å². The molecule has 0 radical (unpaired) electrons. The van der Waals surface area contributed by atoms with Gasteiger partial charge >= 0.3 is 0 Å². The van der Waals surface area contributed by atoms with E-state index in [1.807, 2.05) is 0 Å². The fraction of sp³-hybridized carbons (Fsp3) is 0.579. The van der Waals surface area contributed by atoms with Crippen LogP contribution < -0.4 is 5.32 Å². The van der Waals surface area contributed by atoms with E-state index in [-0.39, 0.29) is 0 Å². The van der Waals surface area contributed by atoms with Gasteiger partial charge in [-0.3, -0.25) is 0 Å². The number of hydrogen-bond donors (Lipinski definition) is 1. The number of fused-ring (bicyclic) bond motifs is 3. The fourth-order valence-corrected chi connectivity index (χ4v) is 4.64. The van der Waals surface area contributed by atoms with Gasteiger partial charge in [0.15, 0.2) is 0 Å². The van der Waals surface area contributed by atoms with Gasteiger partial charge in [0.05, 0.1) is 0 Å². The maximum absolute atomic E-state index is 4.04. The van der Waals surface area contributed by atoms with Gasteiger partial charge in [0.2, 0.25) is 0 Å². The molecule has 1 saturated carbocycles. The van der Waals surface area contributed by atoms with E-state index in [0.717, 1.165) is 23.9 Å². The van der Waals surface area contributed by atoms with Crippen molar-refractivity contribution in [1.29, 1.82) is 0 Å². The van der Waals surface area contributed by atoms with Gasteiger partial charge in [0.1, 0.15) is 0 Å². The van der Waals surface area contributed by atoms with Gasteiger partial charge in [-0.25, -0.2) is 0 Å². The Morgan fingerprint density at radius 1 is 0.850 bits per heavy atom. The molecule has 3 unspecified atom stereocenters. The summed E-state index contributed by atoms with van der Waals surface area (Å²) >= 11 is 0. The van der Waals surface area contributed by atoms with Crippen LogP contribution in [0.25, 0.3) is 0 Å². The van der Waals surface area contributed by atoms with Crippen LogP contribution in [0.5, 0.6) is 0 Å². The Balaban J connectivity index is 1.53. The van der Waals surface area contributed by atoms with Crippen LogP contribution in [0.15, 0.2) is 36.4 Å². The zero-order valence-corrected chi connectivity index (χ0v) is 12.2. The highest BCUT2D eigenvalue weighted by Gasteiger charge is 2.39. The monoisotopic (exact) mass is 267 g/mol. The number of hydrogen-bond acceptors (Lipinski definition) is 1. The van der Waals surface area contributed by atoms with Crippen LogP contribution in [0.3, 0.4) is 0 Å². The number of allylic oxidation sites excluding steroid dienone is 1. The Kier molecular flexibility index (Phi) is 3.39. The highest BCUT2D eigenvalue weighted by molar-refractivity contribution is 5.30. The molecule has 0 heterocycles. The lowest BCUT2D eigenvalue weighted by molar-refractivity contribution is 0.295. The summed E-state index contributed by atoms with van der Waals surface area (Å²) in [5.74, 6) is 1.74. The predicted octanol–water partition coefficient (Wildman–Crippen LogP) is 3.88. The van der Waals surface area contributed by atoms with Crippen molar-refractivity contribution in [1.82, 2.24) is 5.32 Å². The normalized spacial score (nSPS) is 35.6. The Hall–Kier alpha value is -1.08. The molecular formula is C19H25N. The summed E-state index contributed by atoms with van der Waals surface area (Å²) in [5.41, 5.74) is 3.24. The van der Waals surface area contributed by atoms with E-state index >= 15 is 0 Å².